The molecule has 0 unspecified atom stereocenters. The van der Waals surface area contributed by atoms with Crippen molar-refractivity contribution in [3.05, 3.63) is 65.4 Å². The Morgan fingerprint density at radius 3 is 2.28 bits per heavy atom. The van der Waals surface area contributed by atoms with Crippen molar-refractivity contribution in [2.45, 2.75) is 26.7 Å². The van der Waals surface area contributed by atoms with Crippen LogP contribution in [0.4, 0.5) is 14.5 Å². The molecular weight excluding hydrogens is 378 g/mol. The van der Waals surface area contributed by atoms with E-state index in [4.69, 9.17) is 4.74 Å². The molecule has 0 radical (unpaired) electrons. The molecule has 0 fully saturated rings. The number of rotatable bonds is 8. The number of benzene rings is 2. The lowest BCUT2D eigenvalue weighted by molar-refractivity contribution is -0.136. The summed E-state index contributed by atoms with van der Waals surface area (Å²) in [6, 6.07) is 10.1. The molecule has 0 aromatic heterocycles. The van der Waals surface area contributed by atoms with E-state index in [2.05, 4.69) is 5.32 Å². The number of amides is 2. The SMILES string of the molecule is CCCOc1ccc(C2=C(Nc3ccc(F)c(F)c3)C(=O)N(CCC)C2=O)cc1. The second kappa shape index (κ2) is 8.86. The Balaban J connectivity index is 1.99. The molecule has 1 N–H and O–H groups in total. The van der Waals surface area contributed by atoms with Crippen LogP contribution >= 0.6 is 0 Å². The van der Waals surface area contributed by atoms with Crippen LogP contribution in [-0.4, -0.2) is 29.9 Å². The third kappa shape index (κ3) is 4.29. The molecule has 3 rings (SSSR count). The van der Waals surface area contributed by atoms with E-state index in [9.17, 15) is 18.4 Å². The smallest absolute Gasteiger partial charge is 0.278 e. The monoisotopic (exact) mass is 400 g/mol. The minimum absolute atomic E-state index is 0.0386. The van der Waals surface area contributed by atoms with Crippen LogP contribution in [0.2, 0.25) is 0 Å². The Morgan fingerprint density at radius 1 is 0.931 bits per heavy atom. The number of nitrogens with zero attached hydrogens (tertiary/aromatic N) is 1. The summed E-state index contributed by atoms with van der Waals surface area (Å²) >= 11 is 0. The van der Waals surface area contributed by atoms with Crippen LogP contribution in [0.1, 0.15) is 32.3 Å². The lowest BCUT2D eigenvalue weighted by atomic mass is 10.0. The Kier molecular flexibility index (Phi) is 6.26. The zero-order valence-electron chi connectivity index (χ0n) is 16.3. The Hall–Kier alpha value is -3.22. The van der Waals surface area contributed by atoms with Crippen LogP contribution in [0.25, 0.3) is 5.57 Å². The number of hydrogen-bond acceptors (Lipinski definition) is 4. The van der Waals surface area contributed by atoms with E-state index in [-0.39, 0.29) is 23.5 Å². The molecule has 152 valence electrons. The maximum Gasteiger partial charge on any atom is 0.278 e. The van der Waals surface area contributed by atoms with Crippen molar-refractivity contribution < 1.29 is 23.1 Å². The lowest BCUT2D eigenvalue weighted by Crippen LogP contribution is -2.33. The van der Waals surface area contributed by atoms with Gasteiger partial charge in [-0.2, -0.15) is 0 Å². The van der Waals surface area contributed by atoms with Crippen molar-refractivity contribution in [3.63, 3.8) is 0 Å². The van der Waals surface area contributed by atoms with Crippen LogP contribution in [0.5, 0.6) is 5.75 Å². The number of ether oxygens (including phenoxy) is 1. The molecule has 0 saturated heterocycles. The van der Waals surface area contributed by atoms with Crippen molar-refractivity contribution in [1.82, 2.24) is 4.90 Å². The highest BCUT2D eigenvalue weighted by Gasteiger charge is 2.38. The summed E-state index contributed by atoms with van der Waals surface area (Å²) in [5.74, 6) is -2.30. The maximum atomic E-state index is 13.6. The molecule has 1 heterocycles. The van der Waals surface area contributed by atoms with Gasteiger partial charge in [-0.25, -0.2) is 8.78 Å². The first-order valence-electron chi connectivity index (χ1n) is 9.52. The van der Waals surface area contributed by atoms with E-state index >= 15 is 0 Å². The highest BCUT2D eigenvalue weighted by Crippen LogP contribution is 2.31. The number of hydrogen-bond donors (Lipinski definition) is 1. The molecule has 0 atom stereocenters. The largest absolute Gasteiger partial charge is 0.494 e. The fraction of sp³-hybridized carbons (Fsp3) is 0.273. The van der Waals surface area contributed by atoms with E-state index in [0.29, 0.717) is 24.3 Å². The summed E-state index contributed by atoms with van der Waals surface area (Å²) in [6.07, 6.45) is 1.47. The minimum atomic E-state index is -1.04. The normalized spacial score (nSPS) is 14.0. The predicted molar refractivity (Wildman–Crippen MR) is 106 cm³/mol. The number of imide groups is 1. The molecule has 2 amide bonds. The van der Waals surface area contributed by atoms with Gasteiger partial charge in [-0.3, -0.25) is 14.5 Å². The van der Waals surface area contributed by atoms with Crippen molar-refractivity contribution in [2.24, 2.45) is 0 Å². The van der Waals surface area contributed by atoms with Gasteiger partial charge in [0.15, 0.2) is 11.6 Å². The Labute approximate surface area is 168 Å². The quantitative estimate of drug-likeness (QED) is 0.669. The molecule has 0 saturated carbocycles. The molecule has 1 aliphatic heterocycles. The van der Waals surface area contributed by atoms with Gasteiger partial charge in [0, 0.05) is 18.3 Å². The number of carbonyl (C=O) groups excluding carboxylic acids is 2. The highest BCUT2D eigenvalue weighted by atomic mass is 19.2. The van der Waals surface area contributed by atoms with E-state index < -0.39 is 23.4 Å². The topological polar surface area (TPSA) is 58.6 Å². The average molecular weight is 400 g/mol. The molecule has 2 aromatic carbocycles. The van der Waals surface area contributed by atoms with Gasteiger partial charge in [0.1, 0.15) is 11.4 Å². The zero-order valence-corrected chi connectivity index (χ0v) is 16.3. The Bertz CT molecular complexity index is 955. The number of nitrogens with one attached hydrogen (secondary N) is 1. The predicted octanol–water partition coefficient (Wildman–Crippen LogP) is 4.36. The van der Waals surface area contributed by atoms with Crippen LogP contribution in [0.15, 0.2) is 48.2 Å². The third-order valence-corrected chi connectivity index (χ3v) is 4.42. The van der Waals surface area contributed by atoms with Crippen molar-refractivity contribution in [3.8, 4) is 5.75 Å². The van der Waals surface area contributed by atoms with E-state index in [0.717, 1.165) is 23.5 Å². The first kappa shape index (κ1) is 20.5. The minimum Gasteiger partial charge on any atom is -0.494 e. The molecule has 7 heteroatoms. The Morgan fingerprint density at radius 2 is 1.66 bits per heavy atom. The summed E-state index contributed by atoms with van der Waals surface area (Å²) in [5, 5.41) is 2.80. The number of carbonyl (C=O) groups is 2. The third-order valence-electron chi connectivity index (χ3n) is 4.42. The van der Waals surface area contributed by atoms with Crippen molar-refractivity contribution in [2.75, 3.05) is 18.5 Å². The molecule has 29 heavy (non-hydrogen) atoms. The van der Waals surface area contributed by atoms with Crippen LogP contribution in [0, 0.1) is 11.6 Å². The van der Waals surface area contributed by atoms with Crippen LogP contribution in [0.3, 0.4) is 0 Å². The van der Waals surface area contributed by atoms with Gasteiger partial charge in [-0.1, -0.05) is 26.0 Å². The second-order valence-corrected chi connectivity index (χ2v) is 6.64. The molecular formula is C22H22F2N2O3. The molecule has 0 aliphatic carbocycles. The number of anilines is 1. The molecule has 0 bridgehead atoms. The van der Waals surface area contributed by atoms with Crippen LogP contribution in [-0.2, 0) is 9.59 Å². The summed E-state index contributed by atoms with van der Waals surface area (Å²) in [4.78, 5) is 26.9. The van der Waals surface area contributed by atoms with Gasteiger partial charge in [-0.05, 0) is 42.7 Å². The standard InChI is InChI=1S/C22H22F2N2O3/c1-3-11-26-21(27)19(14-5-8-16(9-6-14)29-12-4-2)20(22(26)28)25-15-7-10-17(23)18(24)13-15/h5-10,13,25H,3-4,11-12H2,1-2H3. The zero-order chi connectivity index (χ0) is 21.0. The summed E-state index contributed by atoms with van der Waals surface area (Å²) in [7, 11) is 0. The van der Waals surface area contributed by atoms with Gasteiger partial charge in [-0.15, -0.1) is 0 Å². The van der Waals surface area contributed by atoms with E-state index in [1.54, 1.807) is 24.3 Å². The molecule has 0 spiro atoms. The molecule has 1 aliphatic rings. The van der Waals surface area contributed by atoms with Gasteiger partial charge in [0.2, 0.25) is 0 Å². The van der Waals surface area contributed by atoms with Gasteiger partial charge < -0.3 is 10.1 Å². The van der Waals surface area contributed by atoms with Gasteiger partial charge in [0.05, 0.1) is 12.2 Å². The fourth-order valence-corrected chi connectivity index (χ4v) is 3.04. The van der Waals surface area contributed by atoms with Crippen molar-refractivity contribution >= 4 is 23.1 Å². The first-order chi connectivity index (χ1) is 14.0. The summed E-state index contributed by atoms with van der Waals surface area (Å²) in [5.41, 5.74) is 0.946. The summed E-state index contributed by atoms with van der Waals surface area (Å²) in [6.45, 7) is 4.70. The van der Waals surface area contributed by atoms with Crippen LogP contribution < -0.4 is 10.1 Å². The lowest BCUT2D eigenvalue weighted by Gasteiger charge is -2.13. The summed E-state index contributed by atoms with van der Waals surface area (Å²) < 4.78 is 32.4. The van der Waals surface area contributed by atoms with Crippen molar-refractivity contribution in [1.29, 1.82) is 0 Å². The second-order valence-electron chi connectivity index (χ2n) is 6.64. The van der Waals surface area contributed by atoms with Gasteiger partial charge >= 0.3 is 0 Å². The first-order valence-corrected chi connectivity index (χ1v) is 9.52. The van der Waals surface area contributed by atoms with Gasteiger partial charge in [0.25, 0.3) is 11.8 Å². The molecule has 2 aromatic rings. The fourth-order valence-electron chi connectivity index (χ4n) is 3.04. The average Bonchev–Trinajstić information content (AvgIpc) is 2.94. The maximum absolute atomic E-state index is 13.6. The molecule has 5 nitrogen and oxygen atoms in total. The highest BCUT2D eigenvalue weighted by molar-refractivity contribution is 6.36. The van der Waals surface area contributed by atoms with E-state index in [1.165, 1.54) is 6.07 Å². The number of halogens is 2. The van der Waals surface area contributed by atoms with E-state index in [1.807, 2.05) is 13.8 Å².